The van der Waals surface area contributed by atoms with Gasteiger partial charge in [0.15, 0.2) is 5.82 Å². The number of carbonyl (C=O) groups excluding carboxylic acids is 1. The van der Waals surface area contributed by atoms with Crippen LogP contribution in [-0.4, -0.2) is 38.3 Å². The maximum absolute atomic E-state index is 12.5. The van der Waals surface area contributed by atoms with E-state index >= 15 is 0 Å². The second-order valence-corrected chi connectivity index (χ2v) is 7.20. The molecule has 0 spiro atoms. The van der Waals surface area contributed by atoms with E-state index in [4.69, 9.17) is 0 Å². The van der Waals surface area contributed by atoms with Gasteiger partial charge in [0.25, 0.3) is 0 Å². The summed E-state index contributed by atoms with van der Waals surface area (Å²) in [7, 11) is 0. The average molecular weight is 348 g/mol. The molecule has 7 heteroatoms. The monoisotopic (exact) mass is 348 g/mol. The summed E-state index contributed by atoms with van der Waals surface area (Å²) < 4.78 is 0. The summed E-state index contributed by atoms with van der Waals surface area (Å²) in [5, 5.41) is 9.75. The molecule has 1 aliphatic rings. The first kappa shape index (κ1) is 16.3. The minimum absolute atomic E-state index is 0.133. The van der Waals surface area contributed by atoms with E-state index in [1.165, 1.54) is 30.3 Å². The van der Waals surface area contributed by atoms with Crippen LogP contribution in [0, 0.1) is 0 Å². The summed E-state index contributed by atoms with van der Waals surface area (Å²) in [5.74, 6) is 1.26. The lowest BCUT2D eigenvalue weighted by molar-refractivity contribution is -0.126. The van der Waals surface area contributed by atoms with E-state index < -0.39 is 0 Å². The second kappa shape index (κ2) is 7.79. The Morgan fingerprint density at radius 2 is 2.39 bits per heavy atom. The van der Waals surface area contributed by atoms with Crippen molar-refractivity contribution in [2.75, 3.05) is 12.3 Å². The highest BCUT2D eigenvalue weighted by atomic mass is 32.2. The van der Waals surface area contributed by atoms with Crippen molar-refractivity contribution in [2.24, 2.45) is 0 Å². The Kier molecular flexibility index (Phi) is 5.51. The molecule has 3 rings (SSSR count). The first-order chi connectivity index (χ1) is 11.3. The van der Waals surface area contributed by atoms with Crippen LogP contribution in [0.25, 0.3) is 10.7 Å². The first-order valence-corrected chi connectivity index (χ1v) is 9.73. The minimum Gasteiger partial charge on any atom is -0.316 e. The van der Waals surface area contributed by atoms with E-state index in [1.54, 1.807) is 11.3 Å². The predicted octanol–water partition coefficient (Wildman–Crippen LogP) is 3.93. The summed E-state index contributed by atoms with van der Waals surface area (Å²) in [4.78, 5) is 19.9. The molecule has 0 saturated heterocycles. The fourth-order valence-corrected chi connectivity index (χ4v) is 3.98. The van der Waals surface area contributed by atoms with Crippen LogP contribution in [-0.2, 0) is 4.79 Å². The molecule has 0 radical (unpaired) electrons. The van der Waals surface area contributed by atoms with Gasteiger partial charge in [-0.25, -0.2) is 4.98 Å². The summed E-state index contributed by atoms with van der Waals surface area (Å²) in [6.07, 6.45) is 6.70. The van der Waals surface area contributed by atoms with Crippen LogP contribution in [0.4, 0.5) is 0 Å². The Balaban J connectivity index is 1.59. The summed E-state index contributed by atoms with van der Waals surface area (Å²) in [6.45, 7) is 2.75. The van der Waals surface area contributed by atoms with Crippen molar-refractivity contribution in [3.8, 4) is 10.7 Å². The number of hydrogen-bond acceptors (Lipinski definition) is 5. The molecule has 0 unspecified atom stereocenters. The fourth-order valence-electron chi connectivity index (χ4n) is 2.64. The number of nitrogens with one attached hydrogen (secondary N) is 1. The molecule has 0 fully saturated rings. The number of thioether (sulfide) groups is 1. The molecule has 5 nitrogen and oxygen atoms in total. The van der Waals surface area contributed by atoms with E-state index in [-0.39, 0.29) is 5.91 Å². The van der Waals surface area contributed by atoms with Crippen LogP contribution in [0.2, 0.25) is 0 Å². The van der Waals surface area contributed by atoms with Crippen LogP contribution < -0.4 is 0 Å². The van der Waals surface area contributed by atoms with E-state index in [0.29, 0.717) is 10.9 Å². The van der Waals surface area contributed by atoms with Crippen LogP contribution >= 0.6 is 23.1 Å². The molecule has 2 aromatic heterocycles. The number of hydrogen-bond donors (Lipinski definition) is 1. The molecule has 2 aromatic rings. The van der Waals surface area contributed by atoms with Crippen molar-refractivity contribution >= 4 is 29.0 Å². The third-order valence-corrected chi connectivity index (χ3v) is 5.48. The molecule has 122 valence electrons. The number of amides is 1. The van der Waals surface area contributed by atoms with Crippen molar-refractivity contribution in [3.63, 3.8) is 0 Å². The van der Waals surface area contributed by atoms with Gasteiger partial charge in [0.05, 0.1) is 10.6 Å². The van der Waals surface area contributed by atoms with Gasteiger partial charge in [-0.05, 0) is 44.1 Å². The highest BCUT2D eigenvalue weighted by Crippen LogP contribution is 2.25. The maximum Gasteiger partial charge on any atom is 0.237 e. The van der Waals surface area contributed by atoms with Crippen LogP contribution in [0.5, 0.6) is 0 Å². The lowest BCUT2D eigenvalue weighted by Crippen LogP contribution is -2.32. The van der Waals surface area contributed by atoms with Gasteiger partial charge in [-0.2, -0.15) is 0 Å². The number of nitrogens with zero attached hydrogens (tertiary/aromatic N) is 3. The summed E-state index contributed by atoms with van der Waals surface area (Å²) >= 11 is 3.00. The van der Waals surface area contributed by atoms with Gasteiger partial charge in [-0.3, -0.25) is 9.89 Å². The van der Waals surface area contributed by atoms with Crippen molar-refractivity contribution in [3.05, 3.63) is 29.3 Å². The molecule has 1 N–H and O–H groups in total. The predicted molar refractivity (Wildman–Crippen MR) is 94.4 cm³/mol. The van der Waals surface area contributed by atoms with Gasteiger partial charge in [0.2, 0.25) is 11.1 Å². The largest absolute Gasteiger partial charge is 0.316 e. The van der Waals surface area contributed by atoms with Crippen molar-refractivity contribution in [1.29, 1.82) is 0 Å². The zero-order valence-electron chi connectivity index (χ0n) is 13.1. The zero-order valence-corrected chi connectivity index (χ0v) is 14.8. The molecule has 0 aromatic carbocycles. The molecule has 0 atom stereocenters. The zero-order chi connectivity index (χ0) is 16.1. The highest BCUT2D eigenvalue weighted by molar-refractivity contribution is 7.99. The molecule has 0 bridgehead atoms. The minimum atomic E-state index is 0.133. The van der Waals surface area contributed by atoms with E-state index in [9.17, 15) is 4.79 Å². The van der Waals surface area contributed by atoms with Crippen LogP contribution in [0.3, 0.4) is 0 Å². The quantitative estimate of drug-likeness (QED) is 0.804. The average Bonchev–Trinajstić information content (AvgIpc) is 3.26. The van der Waals surface area contributed by atoms with Crippen molar-refractivity contribution < 1.29 is 4.79 Å². The first-order valence-electron chi connectivity index (χ1n) is 7.86. The highest BCUT2D eigenvalue weighted by Gasteiger charge is 2.18. The number of rotatable bonds is 6. The topological polar surface area (TPSA) is 61.9 Å². The van der Waals surface area contributed by atoms with Crippen LogP contribution in [0.15, 0.2) is 34.4 Å². The van der Waals surface area contributed by atoms with Gasteiger partial charge >= 0.3 is 0 Å². The second-order valence-electron chi connectivity index (χ2n) is 5.31. The molecule has 0 saturated carbocycles. The number of aromatic amines is 1. The van der Waals surface area contributed by atoms with Crippen molar-refractivity contribution in [2.45, 2.75) is 37.8 Å². The molecule has 2 heterocycles. The molecule has 1 amide bonds. The molecule has 1 aliphatic carbocycles. The number of allylic oxidation sites excluding steroid dienone is 2. The number of thiophene rings is 1. The summed E-state index contributed by atoms with van der Waals surface area (Å²) in [6, 6.07) is 3.98. The maximum atomic E-state index is 12.5. The summed E-state index contributed by atoms with van der Waals surface area (Å²) in [5.41, 5.74) is 1.18. The lowest BCUT2D eigenvalue weighted by atomic mass is 10.0. The van der Waals surface area contributed by atoms with Crippen molar-refractivity contribution in [1.82, 2.24) is 20.1 Å². The van der Waals surface area contributed by atoms with Gasteiger partial charge in [0, 0.05) is 12.2 Å². The SMILES string of the molecule is CCN(C(=O)CSc1n[nH]c(-c2cccs2)n1)C1=CCCCC1. The van der Waals surface area contributed by atoms with Gasteiger partial charge < -0.3 is 4.90 Å². The molecule has 23 heavy (non-hydrogen) atoms. The standard InChI is InChI=1S/C16H20N4OS2/c1-2-20(12-7-4-3-5-8-12)14(21)11-23-16-17-15(18-19-16)13-9-6-10-22-13/h6-7,9-10H,2-5,8,11H2,1H3,(H,17,18,19). The van der Waals surface area contributed by atoms with Gasteiger partial charge in [-0.1, -0.05) is 23.9 Å². The molecular formula is C16H20N4OS2. The van der Waals surface area contributed by atoms with Crippen LogP contribution in [0.1, 0.15) is 32.6 Å². The van der Waals surface area contributed by atoms with E-state index in [0.717, 1.165) is 30.1 Å². The number of carbonyl (C=O) groups is 1. The van der Waals surface area contributed by atoms with Gasteiger partial charge in [0.1, 0.15) is 0 Å². The Morgan fingerprint density at radius 1 is 1.48 bits per heavy atom. The Hall–Kier alpha value is -1.60. The molecular weight excluding hydrogens is 328 g/mol. The third-order valence-electron chi connectivity index (χ3n) is 3.78. The van der Waals surface area contributed by atoms with E-state index in [2.05, 4.69) is 21.3 Å². The normalized spacial score (nSPS) is 14.6. The smallest absolute Gasteiger partial charge is 0.237 e. The van der Waals surface area contributed by atoms with Gasteiger partial charge in [-0.15, -0.1) is 16.4 Å². The fraction of sp³-hybridized carbons (Fsp3) is 0.438. The Labute approximate surface area is 144 Å². The number of aromatic nitrogens is 3. The van der Waals surface area contributed by atoms with E-state index in [1.807, 2.05) is 29.3 Å². The molecule has 0 aliphatic heterocycles. The Bertz CT molecular complexity index is 678. The third kappa shape index (κ3) is 4.03. The Morgan fingerprint density at radius 3 is 3.09 bits per heavy atom. The number of H-pyrrole nitrogens is 1. The lowest BCUT2D eigenvalue weighted by Gasteiger charge is -2.26.